The molecular weight excluding hydrogens is 672 g/mol. The topological polar surface area (TPSA) is 0 Å². The van der Waals surface area contributed by atoms with E-state index in [9.17, 15) is 0 Å². The summed E-state index contributed by atoms with van der Waals surface area (Å²) in [6.45, 7) is 14.8. The van der Waals surface area contributed by atoms with E-state index in [2.05, 4.69) is 138 Å². The maximum absolute atomic E-state index is 2.74. The molecule has 2 aliphatic rings. The zero-order valence-electron chi connectivity index (χ0n) is 30.5. The molecule has 0 amide bonds. The number of rotatable bonds is 15. The second-order valence-corrected chi connectivity index (χ2v) is 34.7. The third-order valence-electron chi connectivity index (χ3n) is 10.9. The van der Waals surface area contributed by atoms with E-state index in [0.717, 1.165) is 12.8 Å². The molecular formula is C46H57SiZr. The number of allylic oxidation sites excluding steroid dienone is 2. The van der Waals surface area contributed by atoms with Crippen molar-refractivity contribution in [2.24, 2.45) is 0 Å². The van der Waals surface area contributed by atoms with Crippen molar-refractivity contribution in [3.05, 3.63) is 129 Å². The Hall–Kier alpha value is -2.54. The summed E-state index contributed by atoms with van der Waals surface area (Å²) in [5, 5.41) is 0. The van der Waals surface area contributed by atoms with Gasteiger partial charge in [-0.15, -0.1) is 0 Å². The van der Waals surface area contributed by atoms with Gasteiger partial charge in [0.2, 0.25) is 0 Å². The van der Waals surface area contributed by atoms with Gasteiger partial charge < -0.3 is 0 Å². The monoisotopic (exact) mass is 727 g/mol. The molecule has 0 heterocycles. The van der Waals surface area contributed by atoms with Crippen LogP contribution in [0.5, 0.6) is 0 Å². The molecule has 0 aliphatic heterocycles. The minimum atomic E-state index is -2.20. The van der Waals surface area contributed by atoms with Crippen LogP contribution >= 0.6 is 0 Å². The normalized spacial score (nSPS) is 16.6. The van der Waals surface area contributed by atoms with Crippen molar-refractivity contribution < 1.29 is 20.9 Å². The molecule has 249 valence electrons. The summed E-state index contributed by atoms with van der Waals surface area (Å²) in [6.07, 6.45) is 17.7. The van der Waals surface area contributed by atoms with E-state index in [1.54, 1.807) is 33.4 Å². The Balaban J connectivity index is 1.52. The Kier molecular flexibility index (Phi) is 12.1. The average Bonchev–Trinajstić information content (AvgIpc) is 3.65. The number of hydrogen-bond acceptors (Lipinski definition) is 0. The van der Waals surface area contributed by atoms with Crippen molar-refractivity contribution >= 4 is 18.1 Å². The molecule has 0 spiro atoms. The quantitative estimate of drug-likeness (QED) is 0.107. The molecule has 0 fully saturated rings. The molecule has 4 aromatic carbocycles. The molecule has 2 aliphatic carbocycles. The van der Waals surface area contributed by atoms with E-state index in [1.807, 2.05) is 0 Å². The van der Waals surface area contributed by atoms with Crippen LogP contribution in [0.25, 0.3) is 34.4 Å². The average molecular weight is 729 g/mol. The third-order valence-corrected chi connectivity index (χ3v) is 32.7. The van der Waals surface area contributed by atoms with Crippen LogP contribution in [0.3, 0.4) is 0 Å². The Morgan fingerprint density at radius 2 is 0.896 bits per heavy atom. The summed E-state index contributed by atoms with van der Waals surface area (Å²) in [5.41, 5.74) is 18.9. The Bertz CT molecular complexity index is 1650. The molecule has 2 unspecified atom stereocenters. The van der Waals surface area contributed by atoms with Crippen LogP contribution in [0.2, 0.25) is 13.1 Å². The molecule has 48 heavy (non-hydrogen) atoms. The molecule has 0 N–H and O–H groups in total. The van der Waals surface area contributed by atoms with Gasteiger partial charge in [0.25, 0.3) is 0 Å². The van der Waals surface area contributed by atoms with Crippen LogP contribution in [0.15, 0.2) is 96.1 Å². The fourth-order valence-electron chi connectivity index (χ4n) is 8.75. The maximum atomic E-state index is 2.74. The van der Waals surface area contributed by atoms with Gasteiger partial charge in [-0.3, -0.25) is 0 Å². The van der Waals surface area contributed by atoms with Crippen molar-refractivity contribution in [1.29, 1.82) is 0 Å². The van der Waals surface area contributed by atoms with Gasteiger partial charge in [0.05, 0.1) is 0 Å². The van der Waals surface area contributed by atoms with E-state index in [1.165, 1.54) is 84.7 Å². The van der Waals surface area contributed by atoms with Gasteiger partial charge in [-0.1, -0.05) is 0 Å². The Morgan fingerprint density at radius 3 is 1.29 bits per heavy atom. The standard InChI is InChI=1S/2C22H25.C2H7Si.Zr/c2*1-3-5-10-17-15-19-12-8-14-21(22(19)16-17)20-13-7-6-11-18(20)9-4-2;1-3-2;/h2*6-8,11-16H,3-5,9-10H2,1-2H3;3H,1-2H3;. The number of fused-ring (bicyclic) bond motifs is 2. The molecule has 0 nitrogen and oxygen atoms in total. The number of hydrogen-bond donors (Lipinski definition) is 0. The van der Waals surface area contributed by atoms with E-state index < -0.39 is 26.8 Å². The van der Waals surface area contributed by atoms with Crippen molar-refractivity contribution in [1.82, 2.24) is 0 Å². The fourth-order valence-corrected chi connectivity index (χ4v) is 31.6. The van der Waals surface area contributed by atoms with E-state index in [-0.39, 0.29) is 0 Å². The molecule has 0 aromatic heterocycles. The van der Waals surface area contributed by atoms with E-state index in [0.29, 0.717) is 7.25 Å². The zero-order chi connectivity index (χ0) is 33.6. The molecule has 2 heteroatoms. The SMILES string of the molecule is CCCCC1=Cc2c(-c3ccccc3CCC)cccc2[CH]1[Zr]([CH]1C(CCCC)=Cc2c(-c3ccccc3CCC)cccc21)[SiH](C)C. The second-order valence-electron chi connectivity index (χ2n) is 14.6. The Labute approximate surface area is 301 Å². The van der Waals surface area contributed by atoms with Gasteiger partial charge in [-0.05, 0) is 0 Å². The van der Waals surface area contributed by atoms with E-state index >= 15 is 0 Å². The molecule has 6 rings (SSSR count). The van der Waals surface area contributed by atoms with Crippen LogP contribution in [-0.2, 0) is 33.8 Å². The predicted octanol–water partition coefficient (Wildman–Crippen LogP) is 13.5. The summed E-state index contributed by atoms with van der Waals surface area (Å²) >= 11 is -2.20. The first-order chi connectivity index (χ1) is 23.5. The number of benzene rings is 4. The summed E-state index contributed by atoms with van der Waals surface area (Å²) in [4.78, 5) is 0. The van der Waals surface area contributed by atoms with Gasteiger partial charge in [-0.25, -0.2) is 0 Å². The van der Waals surface area contributed by atoms with Gasteiger partial charge in [-0.2, -0.15) is 0 Å². The molecule has 0 bridgehead atoms. The molecule has 0 saturated carbocycles. The van der Waals surface area contributed by atoms with Crippen LogP contribution < -0.4 is 0 Å². The molecule has 0 radical (unpaired) electrons. The number of aryl methyl sites for hydroxylation is 2. The third kappa shape index (κ3) is 7.04. The first-order valence-electron chi connectivity index (χ1n) is 19.2. The molecule has 4 aromatic rings. The van der Waals surface area contributed by atoms with Gasteiger partial charge in [0.15, 0.2) is 0 Å². The first kappa shape index (κ1) is 35.3. The summed E-state index contributed by atoms with van der Waals surface area (Å²) in [7, 11) is 0. The van der Waals surface area contributed by atoms with Crippen molar-refractivity contribution in [2.75, 3.05) is 0 Å². The zero-order valence-corrected chi connectivity index (χ0v) is 34.2. The van der Waals surface area contributed by atoms with Gasteiger partial charge >= 0.3 is 303 Å². The second kappa shape index (κ2) is 16.4. The molecule has 0 saturated heterocycles. The van der Waals surface area contributed by atoms with Crippen molar-refractivity contribution in [3.8, 4) is 22.3 Å². The van der Waals surface area contributed by atoms with E-state index in [4.69, 9.17) is 0 Å². The van der Waals surface area contributed by atoms with Crippen LogP contribution in [0.1, 0.15) is 120 Å². The minimum absolute atomic E-state index is 0.691. The Morgan fingerprint density at radius 1 is 0.479 bits per heavy atom. The van der Waals surface area contributed by atoms with Gasteiger partial charge in [0.1, 0.15) is 0 Å². The van der Waals surface area contributed by atoms with Gasteiger partial charge in [0, 0.05) is 0 Å². The summed E-state index contributed by atoms with van der Waals surface area (Å²) < 4.78 is 1.38. The summed E-state index contributed by atoms with van der Waals surface area (Å²) in [6, 6.07) is 33.3. The van der Waals surface area contributed by atoms with Crippen LogP contribution in [0, 0.1) is 0 Å². The first-order valence-corrected chi connectivity index (χ1v) is 29.2. The number of unbranched alkanes of at least 4 members (excludes halogenated alkanes) is 2. The van der Waals surface area contributed by atoms with Crippen molar-refractivity contribution in [2.45, 2.75) is 112 Å². The van der Waals surface area contributed by atoms with Crippen LogP contribution in [-0.4, -0.2) is 5.92 Å². The summed E-state index contributed by atoms with van der Waals surface area (Å²) in [5.74, 6) is -0.960. The fraction of sp³-hybridized carbons (Fsp3) is 0.391. The predicted molar refractivity (Wildman–Crippen MR) is 211 cm³/mol. The van der Waals surface area contributed by atoms with Crippen LogP contribution in [0.4, 0.5) is 0 Å². The van der Waals surface area contributed by atoms with Crippen molar-refractivity contribution in [3.63, 3.8) is 0 Å². The molecule has 2 atom stereocenters.